The van der Waals surface area contributed by atoms with Crippen LogP contribution in [-0.4, -0.2) is 67.2 Å². The maximum absolute atomic E-state index is 13.5. The molecule has 0 aliphatic carbocycles. The van der Waals surface area contributed by atoms with Crippen LogP contribution in [0.4, 0.5) is 4.79 Å². The Labute approximate surface area is 224 Å². The second-order valence-electron chi connectivity index (χ2n) is 8.93. The van der Waals surface area contributed by atoms with Crippen molar-refractivity contribution in [1.29, 1.82) is 0 Å². The second-order valence-corrected chi connectivity index (χ2v) is 11.2. The van der Waals surface area contributed by atoms with E-state index in [-0.39, 0.29) is 23.9 Å². The maximum Gasteiger partial charge on any atom is 0.409 e. The number of carbonyl (C=O) groups is 3. The topological polar surface area (TPSA) is 99.8 Å². The number of rotatable bonds is 7. The van der Waals surface area contributed by atoms with Crippen molar-refractivity contribution in [3.05, 3.63) is 45.6 Å². The Hall–Kier alpha value is -2.27. The van der Waals surface area contributed by atoms with Crippen LogP contribution in [0.2, 0.25) is 5.02 Å². The van der Waals surface area contributed by atoms with Crippen LogP contribution in [0, 0.1) is 0 Å². The van der Waals surface area contributed by atoms with Crippen LogP contribution in [0.3, 0.4) is 0 Å². The predicted octanol–water partition coefficient (Wildman–Crippen LogP) is 4.14. The molecule has 4 rings (SSSR count). The molecule has 3 amide bonds. The Bertz CT molecular complexity index is 1060. The third kappa shape index (κ3) is 6.53. The number of halogens is 1. The van der Waals surface area contributed by atoms with Crippen LogP contribution in [0.25, 0.3) is 0 Å². The highest BCUT2D eigenvalue weighted by Crippen LogP contribution is 2.34. The van der Waals surface area contributed by atoms with Gasteiger partial charge in [-0.25, -0.2) is 4.79 Å². The summed E-state index contributed by atoms with van der Waals surface area (Å²) in [5, 5.41) is 14.0. The van der Waals surface area contributed by atoms with Crippen molar-refractivity contribution in [2.45, 2.75) is 54.0 Å². The fourth-order valence-electron chi connectivity index (χ4n) is 4.45. The number of likely N-dealkylation sites (tertiary alicyclic amines) is 1. The molecule has 0 saturated carbocycles. The quantitative estimate of drug-likeness (QED) is 0.479. The number of thiophene rings is 1. The van der Waals surface area contributed by atoms with Crippen molar-refractivity contribution >= 4 is 52.6 Å². The van der Waals surface area contributed by atoms with E-state index in [4.69, 9.17) is 16.3 Å². The van der Waals surface area contributed by atoms with Crippen LogP contribution in [0.1, 0.15) is 43.0 Å². The lowest BCUT2D eigenvalue weighted by Gasteiger charge is -2.39. The van der Waals surface area contributed by atoms with E-state index in [1.54, 1.807) is 11.8 Å². The minimum Gasteiger partial charge on any atom is -0.450 e. The van der Waals surface area contributed by atoms with Gasteiger partial charge < -0.3 is 25.6 Å². The van der Waals surface area contributed by atoms with Crippen molar-refractivity contribution in [3.63, 3.8) is 0 Å². The molecule has 36 heavy (non-hydrogen) atoms. The minimum absolute atomic E-state index is 0.0518. The average Bonchev–Trinajstić information content (AvgIpc) is 3.35. The van der Waals surface area contributed by atoms with Gasteiger partial charge in [0.2, 0.25) is 5.91 Å². The van der Waals surface area contributed by atoms with Crippen LogP contribution in [0.15, 0.2) is 44.8 Å². The van der Waals surface area contributed by atoms with Crippen molar-refractivity contribution < 1.29 is 19.1 Å². The summed E-state index contributed by atoms with van der Waals surface area (Å²) in [6.45, 7) is 4.48. The Morgan fingerprint density at radius 2 is 1.86 bits per heavy atom. The normalized spacial score (nSPS) is 17.9. The van der Waals surface area contributed by atoms with E-state index in [1.165, 1.54) is 23.1 Å². The van der Waals surface area contributed by atoms with Crippen molar-refractivity contribution in [3.8, 4) is 0 Å². The molecule has 2 aliphatic rings. The largest absolute Gasteiger partial charge is 0.450 e. The van der Waals surface area contributed by atoms with Crippen LogP contribution >= 0.6 is 34.7 Å². The molecule has 3 heterocycles. The Kier molecular flexibility index (Phi) is 9.16. The molecule has 1 aromatic carbocycles. The van der Waals surface area contributed by atoms with Gasteiger partial charge in [0.15, 0.2) is 0 Å². The Morgan fingerprint density at radius 3 is 2.53 bits per heavy atom. The van der Waals surface area contributed by atoms with E-state index in [9.17, 15) is 14.4 Å². The van der Waals surface area contributed by atoms with Gasteiger partial charge in [0.25, 0.3) is 5.91 Å². The van der Waals surface area contributed by atoms with E-state index in [2.05, 4.69) is 16.0 Å². The number of ether oxygens (including phenoxy) is 1. The molecule has 0 spiro atoms. The molecule has 11 heteroatoms. The zero-order valence-corrected chi connectivity index (χ0v) is 22.6. The van der Waals surface area contributed by atoms with Gasteiger partial charge in [0.1, 0.15) is 5.54 Å². The molecule has 2 fully saturated rings. The Morgan fingerprint density at radius 1 is 1.17 bits per heavy atom. The third-order valence-corrected chi connectivity index (χ3v) is 8.72. The summed E-state index contributed by atoms with van der Waals surface area (Å²) < 4.78 is 5.08. The van der Waals surface area contributed by atoms with Gasteiger partial charge in [0, 0.05) is 44.7 Å². The van der Waals surface area contributed by atoms with Gasteiger partial charge in [0.05, 0.1) is 12.2 Å². The summed E-state index contributed by atoms with van der Waals surface area (Å²) in [6.07, 6.45) is 2.01. The van der Waals surface area contributed by atoms with Gasteiger partial charge in [-0.15, -0.1) is 0 Å². The van der Waals surface area contributed by atoms with Crippen LogP contribution < -0.4 is 16.0 Å². The molecule has 2 aliphatic heterocycles. The van der Waals surface area contributed by atoms with E-state index >= 15 is 0 Å². The molecule has 0 radical (unpaired) electrons. The van der Waals surface area contributed by atoms with Crippen LogP contribution in [-0.2, 0) is 9.53 Å². The number of hydrogen-bond acceptors (Lipinski definition) is 7. The SMILES string of the molecule is CCOC(=O)N1CCC(NC(=O)C2(NC(=O)c3cscc3Sc3ccc(Cl)cc3)CCNCC2)CC1. The molecule has 0 bridgehead atoms. The summed E-state index contributed by atoms with van der Waals surface area (Å²) >= 11 is 8.95. The van der Waals surface area contributed by atoms with E-state index < -0.39 is 5.54 Å². The van der Waals surface area contributed by atoms with E-state index in [0.29, 0.717) is 69.1 Å². The summed E-state index contributed by atoms with van der Waals surface area (Å²) in [5.74, 6) is -0.407. The molecule has 0 atom stereocenters. The number of nitrogens with one attached hydrogen (secondary N) is 3. The zero-order chi connectivity index (χ0) is 25.5. The lowest BCUT2D eigenvalue weighted by molar-refractivity contribution is -0.129. The molecule has 194 valence electrons. The van der Waals surface area contributed by atoms with Gasteiger partial charge in [-0.05, 0) is 70.0 Å². The molecule has 1 aromatic heterocycles. The average molecular weight is 551 g/mol. The van der Waals surface area contributed by atoms with Crippen molar-refractivity contribution in [2.24, 2.45) is 0 Å². The number of benzene rings is 1. The first-order valence-corrected chi connectivity index (χ1v) is 14.3. The number of hydrogen-bond donors (Lipinski definition) is 3. The van der Waals surface area contributed by atoms with Gasteiger partial charge >= 0.3 is 6.09 Å². The van der Waals surface area contributed by atoms with E-state index in [0.717, 1.165) is 9.79 Å². The molecular formula is C25H31ClN4O4S2. The fourth-order valence-corrected chi connectivity index (χ4v) is 6.49. The molecule has 2 aromatic rings. The highest BCUT2D eigenvalue weighted by Gasteiger charge is 2.42. The van der Waals surface area contributed by atoms with Gasteiger partial charge in [-0.2, -0.15) is 11.3 Å². The zero-order valence-electron chi connectivity index (χ0n) is 20.2. The smallest absolute Gasteiger partial charge is 0.409 e. The van der Waals surface area contributed by atoms with Crippen molar-refractivity contribution in [1.82, 2.24) is 20.9 Å². The number of piperidine rings is 2. The number of nitrogens with zero attached hydrogens (tertiary/aromatic N) is 1. The molecule has 3 N–H and O–H groups in total. The highest BCUT2D eigenvalue weighted by atomic mass is 35.5. The molecule has 0 unspecified atom stereocenters. The first kappa shape index (κ1) is 26.8. The monoisotopic (exact) mass is 550 g/mol. The third-order valence-electron chi connectivity index (χ3n) is 6.51. The van der Waals surface area contributed by atoms with Crippen LogP contribution in [0.5, 0.6) is 0 Å². The fraction of sp³-hybridized carbons (Fsp3) is 0.480. The second kappa shape index (κ2) is 12.3. The first-order valence-electron chi connectivity index (χ1n) is 12.2. The summed E-state index contributed by atoms with van der Waals surface area (Å²) in [6, 6.07) is 7.43. The minimum atomic E-state index is -0.981. The summed E-state index contributed by atoms with van der Waals surface area (Å²) in [4.78, 5) is 42.4. The highest BCUT2D eigenvalue weighted by molar-refractivity contribution is 7.99. The maximum atomic E-state index is 13.5. The van der Waals surface area contributed by atoms with Gasteiger partial charge in [-0.1, -0.05) is 23.4 Å². The summed E-state index contributed by atoms with van der Waals surface area (Å²) in [5.41, 5.74) is -0.418. The molecule has 8 nitrogen and oxygen atoms in total. The van der Waals surface area contributed by atoms with E-state index in [1.807, 2.05) is 35.0 Å². The lowest BCUT2D eigenvalue weighted by Crippen LogP contribution is -2.64. The molecule has 2 saturated heterocycles. The Balaban J connectivity index is 1.41. The molecular weight excluding hydrogens is 520 g/mol. The standard InChI is InChI=1S/C25H31ClN4O4S2/c1-2-34-24(33)30-13-7-18(8-14-30)28-23(32)25(9-11-27-12-10-25)29-22(31)20-15-35-16-21(20)36-19-5-3-17(26)4-6-19/h3-6,15-16,18,27H,2,7-14H2,1H3,(H,28,32)(H,29,31). The number of amides is 3. The van der Waals surface area contributed by atoms with Gasteiger partial charge in [-0.3, -0.25) is 9.59 Å². The van der Waals surface area contributed by atoms with Crippen molar-refractivity contribution in [2.75, 3.05) is 32.8 Å². The first-order chi connectivity index (χ1) is 17.4. The summed E-state index contributed by atoms with van der Waals surface area (Å²) in [7, 11) is 0. The lowest BCUT2D eigenvalue weighted by atomic mass is 9.86. The predicted molar refractivity (Wildman–Crippen MR) is 142 cm³/mol. The number of carbonyl (C=O) groups excluding carboxylic acids is 3.